The minimum atomic E-state index is -4.34. The number of rotatable bonds is 20. The van der Waals surface area contributed by atoms with Gasteiger partial charge in [0.05, 0.1) is 11.1 Å². The van der Waals surface area contributed by atoms with Gasteiger partial charge in [0.25, 0.3) is 0 Å². The Morgan fingerprint density at radius 1 is 0.913 bits per heavy atom. The van der Waals surface area contributed by atoms with Gasteiger partial charge >= 0.3 is 18.1 Å². The lowest BCUT2D eigenvalue weighted by molar-refractivity contribution is -0.138. The highest BCUT2D eigenvalue weighted by Gasteiger charge is 2.30. The molecule has 46 heavy (non-hydrogen) atoms. The Hall–Kier alpha value is -2.84. The number of alkyl halides is 3. The summed E-state index contributed by atoms with van der Waals surface area (Å²) in [5.74, 6) is -0.160. The topological polar surface area (TPSA) is 75.6 Å². The number of hydrogen-bond acceptors (Lipinski definition) is 4. The van der Waals surface area contributed by atoms with Crippen molar-refractivity contribution in [2.45, 2.75) is 115 Å². The average Bonchev–Trinajstić information content (AvgIpc) is 3.54. The fraction of sp³-hybridized carbons (Fsp3) is 0.568. The van der Waals surface area contributed by atoms with Gasteiger partial charge in [0, 0.05) is 19.0 Å². The summed E-state index contributed by atoms with van der Waals surface area (Å²) < 4.78 is 43.3. The van der Waals surface area contributed by atoms with Crippen LogP contribution in [0.5, 0.6) is 0 Å². The number of unbranched alkanes of at least 4 members (excludes halogenated alkanes) is 9. The number of carboxylic acid groups (broad SMARTS) is 1. The number of allylic oxidation sites excluding steroid dienone is 2. The Morgan fingerprint density at radius 2 is 1.54 bits per heavy atom. The number of carbonyl (C=O) groups excluding carboxylic acids is 1. The molecule has 0 aliphatic heterocycles. The molecule has 0 amide bonds. The maximum absolute atomic E-state index is 12.7. The molecule has 0 fully saturated rings. The van der Waals surface area contributed by atoms with Gasteiger partial charge in [-0.25, -0.2) is 4.79 Å². The minimum absolute atomic E-state index is 0. The van der Waals surface area contributed by atoms with Crippen LogP contribution in [0.15, 0.2) is 66.7 Å². The first-order valence-electron chi connectivity index (χ1n) is 16.6. The SMILES string of the molecule is CC(Cc1cccc(C(F)(F)F)c1)NCCOC(=O)c1ccccc1.Cl.O=C(O)CCCCCCCCCCCCC1C=CCC1. The quantitative estimate of drug-likeness (QED) is 0.0835. The molecule has 2 atom stereocenters. The predicted octanol–water partition coefficient (Wildman–Crippen LogP) is 10.2. The number of halogens is 4. The third kappa shape index (κ3) is 19.6. The van der Waals surface area contributed by atoms with E-state index >= 15 is 0 Å². The van der Waals surface area contributed by atoms with Crippen molar-refractivity contribution in [2.24, 2.45) is 5.92 Å². The monoisotopic (exact) mass is 667 g/mol. The lowest BCUT2D eigenvalue weighted by Crippen LogP contribution is -2.31. The number of ether oxygens (including phenoxy) is 1. The van der Waals surface area contributed by atoms with Crippen molar-refractivity contribution >= 4 is 24.3 Å². The number of aliphatic carboxylic acids is 1. The fourth-order valence-electron chi connectivity index (χ4n) is 5.44. The van der Waals surface area contributed by atoms with Crippen molar-refractivity contribution in [1.29, 1.82) is 0 Å². The van der Waals surface area contributed by atoms with Crippen LogP contribution in [0, 0.1) is 5.92 Å². The van der Waals surface area contributed by atoms with E-state index in [2.05, 4.69) is 17.5 Å². The second-order valence-electron chi connectivity index (χ2n) is 12.0. The first kappa shape index (κ1) is 41.2. The Morgan fingerprint density at radius 3 is 2.13 bits per heavy atom. The number of esters is 1. The van der Waals surface area contributed by atoms with Crippen molar-refractivity contribution in [3.8, 4) is 0 Å². The molecule has 0 aromatic heterocycles. The van der Waals surface area contributed by atoms with E-state index in [0.29, 0.717) is 30.5 Å². The normalized spacial score (nSPS) is 14.6. The van der Waals surface area contributed by atoms with Gasteiger partial charge in [0.1, 0.15) is 6.61 Å². The molecule has 0 heterocycles. The van der Waals surface area contributed by atoms with E-state index in [9.17, 15) is 22.8 Å². The van der Waals surface area contributed by atoms with Gasteiger partial charge in [0.2, 0.25) is 0 Å². The van der Waals surface area contributed by atoms with Crippen LogP contribution in [0.4, 0.5) is 13.2 Å². The molecule has 1 aliphatic carbocycles. The van der Waals surface area contributed by atoms with Crippen LogP contribution in [-0.2, 0) is 22.1 Å². The largest absolute Gasteiger partial charge is 0.481 e. The minimum Gasteiger partial charge on any atom is -0.481 e. The van der Waals surface area contributed by atoms with Crippen LogP contribution in [-0.4, -0.2) is 36.2 Å². The third-order valence-corrected chi connectivity index (χ3v) is 7.96. The van der Waals surface area contributed by atoms with E-state index in [1.165, 1.54) is 76.7 Å². The van der Waals surface area contributed by atoms with Crippen LogP contribution in [0.3, 0.4) is 0 Å². The first-order valence-corrected chi connectivity index (χ1v) is 16.6. The fourth-order valence-corrected chi connectivity index (χ4v) is 5.44. The molecular formula is C37H53ClF3NO4. The summed E-state index contributed by atoms with van der Waals surface area (Å²) in [6.07, 6.45) is 18.0. The highest BCUT2D eigenvalue weighted by molar-refractivity contribution is 5.89. The number of nitrogens with one attached hydrogen (secondary N) is 1. The third-order valence-electron chi connectivity index (χ3n) is 7.96. The molecule has 9 heteroatoms. The van der Waals surface area contributed by atoms with E-state index in [4.69, 9.17) is 9.84 Å². The Kier molecular flexibility index (Phi) is 21.8. The standard InChI is InChI=1S/C19H20F3NO2.C18H32O2.ClH/c1-14(12-15-6-5-9-17(13-15)19(20,21)22)23-10-11-25-18(24)16-7-3-2-4-8-16;19-18(20)16-10-8-6-4-2-1-3-5-7-9-13-17-14-11-12-15-17;/h2-9,13-14,23H,10-12H2,1H3;11,14,17H,1-10,12-13,15-16H2,(H,19,20);1H. The molecule has 2 aromatic rings. The molecule has 0 spiro atoms. The summed E-state index contributed by atoms with van der Waals surface area (Å²) >= 11 is 0. The summed E-state index contributed by atoms with van der Waals surface area (Å²) in [5, 5.41) is 11.7. The Balaban J connectivity index is 0.000000462. The van der Waals surface area contributed by atoms with Gasteiger partial charge in [-0.05, 0) is 68.7 Å². The van der Waals surface area contributed by atoms with Crippen molar-refractivity contribution in [3.05, 3.63) is 83.4 Å². The maximum atomic E-state index is 12.7. The van der Waals surface area contributed by atoms with Gasteiger partial charge in [0.15, 0.2) is 0 Å². The predicted molar refractivity (Wildman–Crippen MR) is 181 cm³/mol. The molecule has 5 nitrogen and oxygen atoms in total. The maximum Gasteiger partial charge on any atom is 0.416 e. The number of benzene rings is 2. The van der Waals surface area contributed by atoms with Crippen molar-refractivity contribution in [3.63, 3.8) is 0 Å². The van der Waals surface area contributed by atoms with Crippen molar-refractivity contribution < 1.29 is 32.6 Å². The average molecular weight is 668 g/mol. The van der Waals surface area contributed by atoms with E-state index in [-0.39, 0.29) is 25.1 Å². The van der Waals surface area contributed by atoms with Gasteiger partial charge in [-0.15, -0.1) is 12.4 Å². The first-order chi connectivity index (χ1) is 21.6. The Bertz CT molecular complexity index is 1130. The smallest absolute Gasteiger partial charge is 0.416 e. The van der Waals surface area contributed by atoms with E-state index in [1.807, 2.05) is 13.0 Å². The molecule has 2 N–H and O–H groups in total. The second-order valence-corrected chi connectivity index (χ2v) is 12.0. The summed E-state index contributed by atoms with van der Waals surface area (Å²) in [4.78, 5) is 22.1. The summed E-state index contributed by atoms with van der Waals surface area (Å²) in [6, 6.07) is 13.9. The van der Waals surface area contributed by atoms with E-state index < -0.39 is 23.7 Å². The van der Waals surface area contributed by atoms with E-state index in [0.717, 1.165) is 30.9 Å². The molecule has 0 saturated heterocycles. The number of carboxylic acids is 1. The zero-order chi connectivity index (χ0) is 32.8. The van der Waals surface area contributed by atoms with Crippen molar-refractivity contribution in [2.75, 3.05) is 13.2 Å². The molecule has 0 saturated carbocycles. The van der Waals surface area contributed by atoms with Crippen LogP contribution in [0.1, 0.15) is 118 Å². The van der Waals surface area contributed by atoms with Gasteiger partial charge in [-0.3, -0.25) is 4.79 Å². The lowest BCUT2D eigenvalue weighted by Gasteiger charge is -2.15. The van der Waals surface area contributed by atoms with Crippen LogP contribution in [0.2, 0.25) is 0 Å². The van der Waals surface area contributed by atoms with Crippen LogP contribution < -0.4 is 5.32 Å². The molecule has 0 radical (unpaired) electrons. The highest BCUT2D eigenvalue weighted by atomic mass is 35.5. The van der Waals surface area contributed by atoms with Crippen LogP contribution >= 0.6 is 12.4 Å². The molecule has 2 unspecified atom stereocenters. The molecule has 1 aliphatic rings. The van der Waals surface area contributed by atoms with E-state index in [1.54, 1.807) is 30.3 Å². The molecular weight excluding hydrogens is 615 g/mol. The number of carbonyl (C=O) groups is 2. The summed E-state index contributed by atoms with van der Waals surface area (Å²) in [7, 11) is 0. The zero-order valence-corrected chi connectivity index (χ0v) is 28.1. The van der Waals surface area contributed by atoms with Gasteiger partial charge in [-0.1, -0.05) is 106 Å². The highest BCUT2D eigenvalue weighted by Crippen LogP contribution is 2.29. The van der Waals surface area contributed by atoms with Crippen LogP contribution in [0.25, 0.3) is 0 Å². The molecule has 258 valence electrons. The second kappa shape index (κ2) is 24.3. The molecule has 0 bridgehead atoms. The van der Waals surface area contributed by atoms with Gasteiger partial charge in [-0.2, -0.15) is 13.2 Å². The molecule has 2 aromatic carbocycles. The summed E-state index contributed by atoms with van der Waals surface area (Å²) in [6.45, 7) is 2.50. The number of hydrogen-bond donors (Lipinski definition) is 2. The lowest BCUT2D eigenvalue weighted by atomic mass is 9.99. The zero-order valence-electron chi connectivity index (χ0n) is 27.2. The van der Waals surface area contributed by atoms with Gasteiger partial charge < -0.3 is 15.2 Å². The Labute approximate surface area is 279 Å². The van der Waals surface area contributed by atoms with Crippen molar-refractivity contribution in [1.82, 2.24) is 5.32 Å². The summed E-state index contributed by atoms with van der Waals surface area (Å²) in [5.41, 5.74) is 0.449. The molecule has 3 rings (SSSR count).